The molecule has 0 aliphatic rings. The van der Waals surface area contributed by atoms with E-state index in [1.54, 1.807) is 0 Å². The van der Waals surface area contributed by atoms with Crippen molar-refractivity contribution >= 4 is 17.9 Å². The fourth-order valence-electron chi connectivity index (χ4n) is 6.42. The van der Waals surface area contributed by atoms with Crippen molar-refractivity contribution in [3.05, 3.63) is 97.2 Å². The van der Waals surface area contributed by atoms with Crippen LogP contribution in [0.25, 0.3) is 0 Å². The molecule has 0 bridgehead atoms. The molecule has 0 aromatic rings. The van der Waals surface area contributed by atoms with Crippen molar-refractivity contribution in [2.75, 3.05) is 13.2 Å². The molecule has 0 aliphatic carbocycles. The van der Waals surface area contributed by atoms with Crippen molar-refractivity contribution in [2.45, 2.75) is 219 Å². The zero-order valence-corrected chi connectivity index (χ0v) is 39.4. The van der Waals surface area contributed by atoms with E-state index >= 15 is 0 Å². The molecule has 0 heterocycles. The molecule has 6 nitrogen and oxygen atoms in total. The van der Waals surface area contributed by atoms with Crippen LogP contribution in [-0.2, 0) is 28.6 Å². The Bertz CT molecular complexity index is 1250. The van der Waals surface area contributed by atoms with E-state index < -0.39 is 6.10 Å². The number of ether oxygens (including phenoxy) is 3. The van der Waals surface area contributed by atoms with Crippen LogP contribution < -0.4 is 0 Å². The molecular formula is C55H90O6. The minimum atomic E-state index is -0.803. The predicted molar refractivity (Wildman–Crippen MR) is 260 cm³/mol. The molecule has 0 saturated carbocycles. The van der Waals surface area contributed by atoms with E-state index in [0.29, 0.717) is 19.3 Å². The molecule has 1 unspecified atom stereocenters. The summed E-state index contributed by atoms with van der Waals surface area (Å²) < 4.78 is 16.7. The van der Waals surface area contributed by atoms with Gasteiger partial charge in [0.1, 0.15) is 13.2 Å². The predicted octanol–water partition coefficient (Wildman–Crippen LogP) is 16.2. The number of rotatable bonds is 43. The molecule has 346 valence electrons. The quantitative estimate of drug-likeness (QED) is 0.0263. The maximum atomic E-state index is 12.7. The summed E-state index contributed by atoms with van der Waals surface area (Å²) in [5.41, 5.74) is 0. The number of hydrogen-bond donors (Lipinski definition) is 0. The van der Waals surface area contributed by atoms with Crippen molar-refractivity contribution < 1.29 is 28.6 Å². The van der Waals surface area contributed by atoms with Gasteiger partial charge in [0.2, 0.25) is 0 Å². The molecule has 6 heteroatoms. The summed E-state index contributed by atoms with van der Waals surface area (Å²) in [5, 5.41) is 0. The Hall–Kier alpha value is -3.67. The summed E-state index contributed by atoms with van der Waals surface area (Å²) in [6.45, 7) is 6.33. The third-order valence-electron chi connectivity index (χ3n) is 10.1. The first-order valence-electron chi connectivity index (χ1n) is 24.7. The normalized spacial score (nSPS) is 12.9. The van der Waals surface area contributed by atoms with Crippen LogP contribution in [0.2, 0.25) is 0 Å². The van der Waals surface area contributed by atoms with Crippen molar-refractivity contribution in [1.29, 1.82) is 0 Å². The van der Waals surface area contributed by atoms with Crippen molar-refractivity contribution in [2.24, 2.45) is 0 Å². The van der Waals surface area contributed by atoms with Gasteiger partial charge in [-0.15, -0.1) is 0 Å². The van der Waals surface area contributed by atoms with Crippen LogP contribution in [0.4, 0.5) is 0 Å². The highest BCUT2D eigenvalue weighted by Gasteiger charge is 2.19. The highest BCUT2D eigenvalue weighted by molar-refractivity contribution is 5.71. The highest BCUT2D eigenvalue weighted by atomic mass is 16.6. The summed E-state index contributed by atoms with van der Waals surface area (Å²) in [6.07, 6.45) is 63.9. The van der Waals surface area contributed by atoms with Crippen LogP contribution >= 0.6 is 0 Å². The number of carbonyl (C=O) groups excluding carboxylic acids is 3. The van der Waals surface area contributed by atoms with Gasteiger partial charge in [0.25, 0.3) is 0 Å². The molecule has 0 saturated heterocycles. The molecule has 0 aromatic heterocycles. The maximum Gasteiger partial charge on any atom is 0.306 e. The highest BCUT2D eigenvalue weighted by Crippen LogP contribution is 2.13. The van der Waals surface area contributed by atoms with Gasteiger partial charge in [-0.1, -0.05) is 195 Å². The minimum absolute atomic E-state index is 0.0991. The zero-order valence-electron chi connectivity index (χ0n) is 39.4. The molecule has 61 heavy (non-hydrogen) atoms. The Morgan fingerprint density at radius 2 is 0.639 bits per heavy atom. The van der Waals surface area contributed by atoms with E-state index in [0.717, 1.165) is 116 Å². The van der Waals surface area contributed by atoms with E-state index in [1.807, 2.05) is 0 Å². The second kappa shape index (κ2) is 49.0. The number of carbonyl (C=O) groups is 3. The Labute approximate surface area is 375 Å². The standard InChI is InChI=1S/C55H90O6/c1-4-7-10-13-16-19-21-23-25-26-27-28-30-31-33-36-39-42-45-48-54(57)60-51-52(50-59-53(56)47-44-41-38-35-18-15-12-9-6-3)61-55(58)49-46-43-40-37-34-32-29-24-22-20-17-14-11-8-5-2/h7-8,10-11,16-17,19-20,23-25,27-29,34,37,52H,4-6,9,12-15,18,21-22,26,30-33,35-36,38-51H2,1-3H3/b10-7-,11-8-,19-16-,20-17-,25-23-,28-27-,29-24-,37-34-. The molecule has 0 rings (SSSR count). The molecular weight excluding hydrogens is 757 g/mol. The molecule has 0 fully saturated rings. The monoisotopic (exact) mass is 847 g/mol. The zero-order chi connectivity index (χ0) is 44.4. The largest absolute Gasteiger partial charge is 0.462 e. The third-order valence-corrected chi connectivity index (χ3v) is 10.1. The lowest BCUT2D eigenvalue weighted by atomic mass is 10.1. The molecule has 0 radical (unpaired) electrons. The average Bonchev–Trinajstić information content (AvgIpc) is 3.26. The molecule has 0 spiro atoms. The lowest BCUT2D eigenvalue weighted by Gasteiger charge is -2.18. The van der Waals surface area contributed by atoms with E-state index in [1.165, 1.54) is 51.4 Å². The van der Waals surface area contributed by atoms with Crippen LogP contribution in [0.15, 0.2) is 97.2 Å². The Kier molecular flexibility index (Phi) is 46.0. The maximum absolute atomic E-state index is 12.7. The summed E-state index contributed by atoms with van der Waals surface area (Å²) in [6, 6.07) is 0. The van der Waals surface area contributed by atoms with Crippen LogP contribution in [0, 0.1) is 0 Å². The second-order valence-electron chi connectivity index (χ2n) is 16.0. The van der Waals surface area contributed by atoms with Crippen molar-refractivity contribution in [3.63, 3.8) is 0 Å². The van der Waals surface area contributed by atoms with Crippen LogP contribution in [0.1, 0.15) is 213 Å². The molecule has 0 amide bonds. The fourth-order valence-corrected chi connectivity index (χ4v) is 6.42. The number of esters is 3. The summed E-state index contributed by atoms with van der Waals surface area (Å²) >= 11 is 0. The minimum Gasteiger partial charge on any atom is -0.462 e. The van der Waals surface area contributed by atoms with Gasteiger partial charge in [0, 0.05) is 19.3 Å². The number of allylic oxidation sites excluding steroid dienone is 16. The first-order valence-corrected chi connectivity index (χ1v) is 24.7. The van der Waals surface area contributed by atoms with E-state index in [9.17, 15) is 14.4 Å². The topological polar surface area (TPSA) is 78.9 Å². The average molecular weight is 847 g/mol. The van der Waals surface area contributed by atoms with Crippen molar-refractivity contribution in [1.82, 2.24) is 0 Å². The van der Waals surface area contributed by atoms with Gasteiger partial charge in [0.15, 0.2) is 6.10 Å². The SMILES string of the molecule is CC/C=C\C/C=C\C/C=C\C/C=C\CCCCCCCCC(=O)OCC(COC(=O)CCCCCCCCCCC)OC(=O)CCCC/C=C\C/C=C\C/C=C\C/C=C\CC. The first kappa shape index (κ1) is 57.3. The van der Waals surface area contributed by atoms with Crippen LogP contribution in [0.3, 0.4) is 0 Å². The van der Waals surface area contributed by atoms with E-state index in [4.69, 9.17) is 14.2 Å². The summed E-state index contributed by atoms with van der Waals surface area (Å²) in [7, 11) is 0. The van der Waals surface area contributed by atoms with Gasteiger partial charge in [-0.05, 0) is 96.3 Å². The van der Waals surface area contributed by atoms with Gasteiger partial charge in [-0.25, -0.2) is 0 Å². The summed E-state index contributed by atoms with van der Waals surface area (Å²) in [4.78, 5) is 37.8. The molecule has 1 atom stereocenters. The Morgan fingerprint density at radius 3 is 1.03 bits per heavy atom. The molecule has 0 aromatic carbocycles. The lowest BCUT2D eigenvalue weighted by molar-refractivity contribution is -0.167. The van der Waals surface area contributed by atoms with Gasteiger partial charge in [0.05, 0.1) is 0 Å². The summed E-state index contributed by atoms with van der Waals surface area (Å²) in [5.74, 6) is -0.964. The Balaban J connectivity index is 4.43. The molecule has 0 aliphatic heterocycles. The van der Waals surface area contributed by atoms with Gasteiger partial charge in [-0.3, -0.25) is 14.4 Å². The first-order chi connectivity index (χ1) is 30.0. The number of hydrogen-bond acceptors (Lipinski definition) is 6. The van der Waals surface area contributed by atoms with Crippen LogP contribution in [-0.4, -0.2) is 37.2 Å². The van der Waals surface area contributed by atoms with Crippen molar-refractivity contribution in [3.8, 4) is 0 Å². The van der Waals surface area contributed by atoms with Gasteiger partial charge >= 0.3 is 17.9 Å². The van der Waals surface area contributed by atoms with Gasteiger partial charge in [-0.2, -0.15) is 0 Å². The fraction of sp³-hybridized carbons (Fsp3) is 0.655. The van der Waals surface area contributed by atoms with E-state index in [2.05, 4.69) is 118 Å². The second-order valence-corrected chi connectivity index (χ2v) is 16.0. The number of unbranched alkanes of at least 4 members (excludes halogenated alkanes) is 16. The molecule has 0 N–H and O–H groups in total. The van der Waals surface area contributed by atoms with E-state index in [-0.39, 0.29) is 37.5 Å². The van der Waals surface area contributed by atoms with Gasteiger partial charge < -0.3 is 14.2 Å². The lowest BCUT2D eigenvalue weighted by Crippen LogP contribution is -2.30. The third kappa shape index (κ3) is 47.2. The Morgan fingerprint density at radius 1 is 0.344 bits per heavy atom. The van der Waals surface area contributed by atoms with Crippen LogP contribution in [0.5, 0.6) is 0 Å². The smallest absolute Gasteiger partial charge is 0.306 e.